The van der Waals surface area contributed by atoms with E-state index in [1.54, 1.807) is 4.68 Å². The standard InChI is InChI=1S/C19H17F2N3O/c1-12-15(13(2)24(23-12)14-7-4-3-5-8-14)11-22-19(25)18-16(20)9-6-10-17(18)21/h3-10H,11H2,1-2H3,(H,22,25). The van der Waals surface area contributed by atoms with Gasteiger partial charge in [-0.25, -0.2) is 13.5 Å². The van der Waals surface area contributed by atoms with E-state index in [0.29, 0.717) is 0 Å². The van der Waals surface area contributed by atoms with Crippen LogP contribution in [0.5, 0.6) is 0 Å². The summed E-state index contributed by atoms with van der Waals surface area (Å²) in [6, 6.07) is 12.9. The molecule has 2 aromatic carbocycles. The van der Waals surface area contributed by atoms with Gasteiger partial charge >= 0.3 is 0 Å². The molecule has 0 spiro atoms. The molecule has 0 aliphatic carbocycles. The highest BCUT2D eigenvalue weighted by Crippen LogP contribution is 2.18. The number of nitrogens with zero attached hydrogens (tertiary/aromatic N) is 2. The van der Waals surface area contributed by atoms with Crippen LogP contribution in [0.25, 0.3) is 5.69 Å². The van der Waals surface area contributed by atoms with Gasteiger partial charge in [0.1, 0.15) is 17.2 Å². The summed E-state index contributed by atoms with van der Waals surface area (Å²) in [6.45, 7) is 3.85. The highest BCUT2D eigenvalue weighted by molar-refractivity contribution is 5.94. The van der Waals surface area contributed by atoms with E-state index >= 15 is 0 Å². The van der Waals surface area contributed by atoms with Crippen molar-refractivity contribution in [3.05, 3.63) is 82.7 Å². The number of nitrogens with one attached hydrogen (secondary N) is 1. The third-order valence-electron chi connectivity index (χ3n) is 4.06. The maximum absolute atomic E-state index is 13.7. The molecule has 0 radical (unpaired) electrons. The minimum absolute atomic E-state index is 0.136. The Morgan fingerprint density at radius 2 is 1.68 bits per heavy atom. The number of aromatic nitrogens is 2. The van der Waals surface area contributed by atoms with Gasteiger partial charge in [-0.05, 0) is 38.1 Å². The minimum Gasteiger partial charge on any atom is -0.348 e. The summed E-state index contributed by atoms with van der Waals surface area (Å²) >= 11 is 0. The molecule has 0 atom stereocenters. The number of hydrogen-bond donors (Lipinski definition) is 1. The lowest BCUT2D eigenvalue weighted by Gasteiger charge is -2.08. The Labute approximate surface area is 144 Å². The molecular formula is C19H17F2N3O. The maximum atomic E-state index is 13.7. The molecule has 1 amide bonds. The van der Waals surface area contributed by atoms with Crippen molar-refractivity contribution in [3.8, 4) is 5.69 Å². The summed E-state index contributed by atoms with van der Waals surface area (Å²) in [5.41, 5.74) is 2.75. The van der Waals surface area contributed by atoms with Gasteiger partial charge in [0, 0.05) is 17.8 Å². The molecule has 1 N–H and O–H groups in total. The normalized spacial score (nSPS) is 10.7. The van der Waals surface area contributed by atoms with Crippen LogP contribution < -0.4 is 5.32 Å². The fraction of sp³-hybridized carbons (Fsp3) is 0.158. The first kappa shape index (κ1) is 16.8. The SMILES string of the molecule is Cc1nn(-c2ccccc2)c(C)c1CNC(=O)c1c(F)cccc1F. The molecule has 4 nitrogen and oxygen atoms in total. The summed E-state index contributed by atoms with van der Waals surface area (Å²) in [6.07, 6.45) is 0. The topological polar surface area (TPSA) is 46.9 Å². The molecule has 0 aliphatic heterocycles. The number of aryl methyl sites for hydroxylation is 1. The van der Waals surface area contributed by atoms with Gasteiger partial charge in [-0.3, -0.25) is 4.79 Å². The third-order valence-corrected chi connectivity index (χ3v) is 4.06. The minimum atomic E-state index is -0.883. The van der Waals surface area contributed by atoms with Gasteiger partial charge in [-0.15, -0.1) is 0 Å². The Morgan fingerprint density at radius 3 is 2.32 bits per heavy atom. The lowest BCUT2D eigenvalue weighted by atomic mass is 10.1. The largest absolute Gasteiger partial charge is 0.348 e. The van der Waals surface area contributed by atoms with Gasteiger partial charge in [0.05, 0.1) is 11.4 Å². The van der Waals surface area contributed by atoms with Crippen LogP contribution in [0.1, 0.15) is 27.3 Å². The van der Waals surface area contributed by atoms with E-state index in [0.717, 1.165) is 34.8 Å². The van der Waals surface area contributed by atoms with Crippen molar-refractivity contribution in [1.29, 1.82) is 0 Å². The van der Waals surface area contributed by atoms with Crippen molar-refractivity contribution in [1.82, 2.24) is 15.1 Å². The molecule has 1 heterocycles. The van der Waals surface area contributed by atoms with Crippen molar-refractivity contribution in [2.75, 3.05) is 0 Å². The van der Waals surface area contributed by atoms with E-state index in [1.807, 2.05) is 44.2 Å². The second-order valence-corrected chi connectivity index (χ2v) is 5.68. The molecule has 0 bridgehead atoms. The first-order valence-corrected chi connectivity index (χ1v) is 7.81. The molecule has 0 unspecified atom stereocenters. The molecule has 6 heteroatoms. The fourth-order valence-electron chi connectivity index (χ4n) is 2.72. The average molecular weight is 341 g/mol. The van der Waals surface area contributed by atoms with Crippen LogP contribution in [0, 0.1) is 25.5 Å². The van der Waals surface area contributed by atoms with Crippen molar-refractivity contribution >= 4 is 5.91 Å². The molecule has 3 aromatic rings. The number of hydrogen-bond acceptors (Lipinski definition) is 2. The molecule has 1 aromatic heterocycles. The number of halogens is 2. The van der Waals surface area contributed by atoms with Crippen LogP contribution in [0.15, 0.2) is 48.5 Å². The monoisotopic (exact) mass is 341 g/mol. The second-order valence-electron chi connectivity index (χ2n) is 5.68. The second kappa shape index (κ2) is 6.84. The summed E-state index contributed by atoms with van der Waals surface area (Å²) in [4.78, 5) is 12.1. The van der Waals surface area contributed by atoms with Gasteiger partial charge < -0.3 is 5.32 Å². The van der Waals surface area contributed by atoms with Crippen LogP contribution >= 0.6 is 0 Å². The highest BCUT2D eigenvalue weighted by Gasteiger charge is 2.18. The van der Waals surface area contributed by atoms with E-state index in [9.17, 15) is 13.6 Å². The Bertz CT molecular complexity index is 900. The van der Waals surface area contributed by atoms with Crippen LogP contribution in [-0.2, 0) is 6.54 Å². The lowest BCUT2D eigenvalue weighted by Crippen LogP contribution is -2.25. The Morgan fingerprint density at radius 1 is 1.04 bits per heavy atom. The van der Waals surface area contributed by atoms with Gasteiger partial charge in [-0.1, -0.05) is 24.3 Å². The van der Waals surface area contributed by atoms with E-state index in [1.165, 1.54) is 6.07 Å². The molecule has 0 aliphatic rings. The molecule has 128 valence electrons. The van der Waals surface area contributed by atoms with Gasteiger partial charge in [0.2, 0.25) is 0 Å². The molecular weight excluding hydrogens is 324 g/mol. The van der Waals surface area contributed by atoms with Crippen LogP contribution in [0.3, 0.4) is 0 Å². The predicted octanol–water partition coefficient (Wildman–Crippen LogP) is 3.70. The van der Waals surface area contributed by atoms with Crippen molar-refractivity contribution in [3.63, 3.8) is 0 Å². The van der Waals surface area contributed by atoms with Crippen LogP contribution in [0.2, 0.25) is 0 Å². The van der Waals surface area contributed by atoms with E-state index in [2.05, 4.69) is 10.4 Å². The number of rotatable bonds is 4. The number of para-hydroxylation sites is 1. The van der Waals surface area contributed by atoms with Gasteiger partial charge in [0.25, 0.3) is 5.91 Å². The maximum Gasteiger partial charge on any atom is 0.257 e. The smallest absolute Gasteiger partial charge is 0.257 e. The average Bonchev–Trinajstić information content (AvgIpc) is 2.88. The lowest BCUT2D eigenvalue weighted by molar-refractivity contribution is 0.0942. The Balaban J connectivity index is 1.83. The van der Waals surface area contributed by atoms with Crippen LogP contribution in [-0.4, -0.2) is 15.7 Å². The van der Waals surface area contributed by atoms with Crippen molar-refractivity contribution in [2.45, 2.75) is 20.4 Å². The number of amides is 1. The van der Waals surface area contributed by atoms with Crippen LogP contribution in [0.4, 0.5) is 8.78 Å². The molecule has 0 fully saturated rings. The first-order valence-electron chi connectivity index (χ1n) is 7.81. The zero-order valence-electron chi connectivity index (χ0n) is 13.9. The van der Waals surface area contributed by atoms with E-state index < -0.39 is 23.1 Å². The summed E-state index contributed by atoms with van der Waals surface area (Å²) in [7, 11) is 0. The highest BCUT2D eigenvalue weighted by atomic mass is 19.1. The molecule has 0 saturated heterocycles. The van der Waals surface area contributed by atoms with E-state index in [4.69, 9.17) is 0 Å². The zero-order valence-corrected chi connectivity index (χ0v) is 13.9. The molecule has 25 heavy (non-hydrogen) atoms. The van der Waals surface area contributed by atoms with Crippen molar-refractivity contribution in [2.24, 2.45) is 0 Å². The summed E-state index contributed by atoms with van der Waals surface area (Å²) < 4.78 is 29.2. The third kappa shape index (κ3) is 3.28. The summed E-state index contributed by atoms with van der Waals surface area (Å²) in [5.74, 6) is -2.56. The number of benzene rings is 2. The van der Waals surface area contributed by atoms with Gasteiger partial charge in [-0.2, -0.15) is 5.10 Å². The molecule has 3 rings (SSSR count). The summed E-state index contributed by atoms with van der Waals surface area (Å²) in [5, 5.41) is 7.05. The molecule has 0 saturated carbocycles. The predicted molar refractivity (Wildman–Crippen MR) is 90.6 cm³/mol. The first-order chi connectivity index (χ1) is 12.0. The zero-order chi connectivity index (χ0) is 18.0. The Hall–Kier alpha value is -3.02. The van der Waals surface area contributed by atoms with Crippen molar-refractivity contribution < 1.29 is 13.6 Å². The van der Waals surface area contributed by atoms with E-state index in [-0.39, 0.29) is 6.54 Å². The fourth-order valence-corrected chi connectivity index (χ4v) is 2.72. The van der Waals surface area contributed by atoms with Gasteiger partial charge in [0.15, 0.2) is 0 Å². The Kier molecular flexibility index (Phi) is 4.61. The number of carbonyl (C=O) groups excluding carboxylic acids is 1. The number of carbonyl (C=O) groups is 1. The quantitative estimate of drug-likeness (QED) is 0.787.